The van der Waals surface area contributed by atoms with Crippen LogP contribution < -0.4 is 15.8 Å². The number of hydrogen-bond donors (Lipinski definition) is 3. The minimum Gasteiger partial charge on any atom is -0.491 e. The van der Waals surface area contributed by atoms with Gasteiger partial charge in [0.25, 0.3) is 5.91 Å². The number of nitrogens with one attached hydrogen (secondary N) is 1. The van der Waals surface area contributed by atoms with Crippen LogP contribution in [0.4, 0.5) is 11.5 Å². The first kappa shape index (κ1) is 31.4. The highest BCUT2D eigenvalue weighted by molar-refractivity contribution is 7.92. The van der Waals surface area contributed by atoms with Gasteiger partial charge < -0.3 is 25.8 Å². The van der Waals surface area contributed by atoms with Crippen LogP contribution in [0.5, 0.6) is 5.75 Å². The van der Waals surface area contributed by atoms with Gasteiger partial charge in [0.1, 0.15) is 5.75 Å². The lowest BCUT2D eigenvalue weighted by Gasteiger charge is -2.27. The zero-order chi connectivity index (χ0) is 30.5. The number of benzene rings is 2. The van der Waals surface area contributed by atoms with Crippen molar-refractivity contribution in [2.75, 3.05) is 31.8 Å². The van der Waals surface area contributed by atoms with E-state index in [4.69, 9.17) is 10.5 Å². The van der Waals surface area contributed by atoms with Gasteiger partial charge in [-0.25, -0.2) is 18.4 Å². The Labute approximate surface area is 248 Å². The van der Waals surface area contributed by atoms with Gasteiger partial charge in [-0.2, -0.15) is 0 Å². The number of anilines is 2. The van der Waals surface area contributed by atoms with Gasteiger partial charge >= 0.3 is 0 Å². The SMILES string of the molecule is CN(C)Cc1cccc2c1OCCCCCCC(O)CC(C)(C)S(=O)(=O)c1ccc(cc1)-c1cnc(N)c(n1)C(=O)N2. The first-order valence-corrected chi connectivity index (χ1v) is 15.7. The molecule has 2 aliphatic heterocycles. The average Bonchev–Trinajstić information content (AvgIpc) is 2.93. The second-order valence-electron chi connectivity index (χ2n) is 11.7. The van der Waals surface area contributed by atoms with E-state index in [9.17, 15) is 18.3 Å². The highest BCUT2D eigenvalue weighted by atomic mass is 32.2. The standard InChI is InChI=1S/C31H41N5O5S/c1-31(2)18-23(37)11-7-5-6-8-17-41-28-22(20-36(3)4)10-9-12-25(28)35-30(38)27-29(32)33-19-26(34-27)21-13-15-24(16-14-21)42(31,39)40/h9-10,12-16,19,23,37H,5-8,11,17-18,20H2,1-4H3,(H2,32,33)(H,35,38). The molecular weight excluding hydrogens is 554 g/mol. The van der Waals surface area contributed by atoms with Gasteiger partial charge in [0.05, 0.1) is 39.9 Å². The molecule has 2 aromatic carbocycles. The molecule has 10 nitrogen and oxygen atoms in total. The van der Waals surface area contributed by atoms with Gasteiger partial charge in [-0.15, -0.1) is 0 Å². The van der Waals surface area contributed by atoms with Crippen molar-refractivity contribution in [3.05, 3.63) is 59.9 Å². The molecular formula is C31H41N5O5S. The summed E-state index contributed by atoms with van der Waals surface area (Å²) < 4.78 is 32.0. The summed E-state index contributed by atoms with van der Waals surface area (Å²) in [6.45, 7) is 4.37. The van der Waals surface area contributed by atoms with Gasteiger partial charge in [-0.3, -0.25) is 4.79 Å². The molecule has 226 valence electrons. The molecule has 1 amide bonds. The van der Waals surface area contributed by atoms with E-state index in [1.165, 1.54) is 18.3 Å². The number of aliphatic hydroxyl groups excluding tert-OH is 1. The van der Waals surface area contributed by atoms with Crippen LogP contribution in [-0.2, 0) is 16.4 Å². The van der Waals surface area contributed by atoms with Crippen LogP contribution in [-0.4, -0.2) is 65.9 Å². The summed E-state index contributed by atoms with van der Waals surface area (Å²) in [7, 11) is 0.192. The molecule has 11 heteroatoms. The number of nitrogen functional groups attached to an aromatic ring is 1. The van der Waals surface area contributed by atoms with Gasteiger partial charge in [-0.1, -0.05) is 43.5 Å². The quantitative estimate of drug-likeness (QED) is 0.384. The molecule has 0 aliphatic carbocycles. The van der Waals surface area contributed by atoms with Crippen LogP contribution >= 0.6 is 0 Å². The zero-order valence-electron chi connectivity index (χ0n) is 24.8. The molecule has 0 saturated heterocycles. The minimum absolute atomic E-state index is 0.0304. The second kappa shape index (κ2) is 13.2. The Morgan fingerprint density at radius 2 is 1.81 bits per heavy atom. The van der Waals surface area contributed by atoms with Gasteiger partial charge in [0.2, 0.25) is 0 Å². The van der Waals surface area contributed by atoms with Crippen LogP contribution in [0, 0.1) is 0 Å². The number of sulfone groups is 1. The lowest BCUT2D eigenvalue weighted by Crippen LogP contribution is -2.36. The van der Waals surface area contributed by atoms with E-state index in [1.54, 1.807) is 32.0 Å². The molecule has 4 bridgehead atoms. The summed E-state index contributed by atoms with van der Waals surface area (Å²) in [5.41, 5.74) is 8.41. The first-order chi connectivity index (χ1) is 19.9. The molecule has 2 aliphatic rings. The Kier molecular flexibility index (Phi) is 9.85. The summed E-state index contributed by atoms with van der Waals surface area (Å²) >= 11 is 0. The number of para-hydroxylation sites is 1. The number of hydrogen-bond acceptors (Lipinski definition) is 9. The molecule has 3 aromatic rings. The van der Waals surface area contributed by atoms with Crippen LogP contribution in [0.1, 0.15) is 68.4 Å². The Bertz CT molecular complexity index is 1510. The van der Waals surface area contributed by atoms with E-state index >= 15 is 0 Å². The molecule has 4 N–H and O–H groups in total. The third kappa shape index (κ3) is 7.26. The van der Waals surface area contributed by atoms with Crippen molar-refractivity contribution in [3.63, 3.8) is 0 Å². The fraction of sp³-hybridized carbons (Fsp3) is 0.452. The van der Waals surface area contributed by atoms with Crippen molar-refractivity contribution in [2.24, 2.45) is 0 Å². The maximum Gasteiger partial charge on any atom is 0.278 e. The molecule has 1 atom stereocenters. The van der Waals surface area contributed by atoms with Crippen molar-refractivity contribution >= 4 is 27.2 Å². The van der Waals surface area contributed by atoms with E-state index in [0.29, 0.717) is 42.3 Å². The predicted octanol–water partition coefficient (Wildman–Crippen LogP) is 4.69. The topological polar surface area (TPSA) is 148 Å². The molecule has 42 heavy (non-hydrogen) atoms. The summed E-state index contributed by atoms with van der Waals surface area (Å²) in [5.74, 6) is 0.0336. The first-order valence-electron chi connectivity index (χ1n) is 14.3. The lowest BCUT2D eigenvalue weighted by atomic mass is 10.00. The van der Waals surface area contributed by atoms with Gasteiger partial charge in [0.15, 0.2) is 21.3 Å². The fourth-order valence-electron chi connectivity index (χ4n) is 5.12. The number of ether oxygens (including phenoxy) is 1. The molecule has 5 rings (SSSR count). The van der Waals surface area contributed by atoms with E-state index in [1.807, 2.05) is 31.1 Å². The summed E-state index contributed by atoms with van der Waals surface area (Å²) in [5, 5.41) is 13.6. The summed E-state index contributed by atoms with van der Waals surface area (Å²) in [4.78, 5) is 24.3. The second-order valence-corrected chi connectivity index (χ2v) is 14.3. The highest BCUT2D eigenvalue weighted by Crippen LogP contribution is 2.33. The number of aromatic nitrogens is 2. The van der Waals surface area contributed by atoms with Crippen LogP contribution in [0.3, 0.4) is 0 Å². The maximum atomic E-state index is 13.5. The molecule has 0 fully saturated rings. The Balaban J connectivity index is 1.72. The summed E-state index contributed by atoms with van der Waals surface area (Å²) in [6.07, 6.45) is 4.72. The number of nitrogens with two attached hydrogens (primary N) is 1. The average molecular weight is 596 g/mol. The number of carbonyl (C=O) groups is 1. The van der Waals surface area contributed by atoms with Crippen LogP contribution in [0.15, 0.2) is 53.6 Å². The minimum atomic E-state index is -3.74. The molecule has 0 radical (unpaired) electrons. The highest BCUT2D eigenvalue weighted by Gasteiger charge is 2.37. The molecule has 1 aromatic heterocycles. The van der Waals surface area contributed by atoms with Crippen molar-refractivity contribution < 1.29 is 23.1 Å². The third-order valence-corrected chi connectivity index (χ3v) is 9.95. The Morgan fingerprint density at radius 1 is 1.10 bits per heavy atom. The zero-order valence-corrected chi connectivity index (χ0v) is 25.6. The third-order valence-electron chi connectivity index (χ3n) is 7.44. The van der Waals surface area contributed by atoms with Crippen molar-refractivity contribution in [3.8, 4) is 17.0 Å². The number of rotatable bonds is 2. The number of amides is 1. The Morgan fingerprint density at radius 3 is 2.52 bits per heavy atom. The number of aliphatic hydroxyl groups is 1. The molecule has 1 unspecified atom stereocenters. The number of fused-ring (bicyclic) bond motifs is 13. The summed E-state index contributed by atoms with van der Waals surface area (Å²) in [6, 6.07) is 11.9. The van der Waals surface area contributed by atoms with Gasteiger partial charge in [0, 0.05) is 17.7 Å². The van der Waals surface area contributed by atoms with E-state index in [-0.39, 0.29) is 22.8 Å². The molecule has 0 spiro atoms. The Hall–Kier alpha value is -3.54. The normalized spacial score (nSPS) is 19.6. The fourth-order valence-corrected chi connectivity index (χ4v) is 6.66. The van der Waals surface area contributed by atoms with E-state index < -0.39 is 26.6 Å². The monoisotopic (exact) mass is 595 g/mol. The van der Waals surface area contributed by atoms with Crippen LogP contribution in [0.25, 0.3) is 11.3 Å². The van der Waals surface area contributed by atoms with E-state index in [2.05, 4.69) is 15.3 Å². The van der Waals surface area contributed by atoms with Crippen molar-refractivity contribution in [1.29, 1.82) is 0 Å². The molecule has 3 heterocycles. The van der Waals surface area contributed by atoms with Gasteiger partial charge in [-0.05, 0) is 65.4 Å². The number of nitrogens with zero attached hydrogens (tertiary/aromatic N) is 3. The maximum absolute atomic E-state index is 13.5. The number of carbonyl (C=O) groups excluding carboxylic acids is 1. The predicted molar refractivity (Wildman–Crippen MR) is 164 cm³/mol. The smallest absolute Gasteiger partial charge is 0.278 e. The van der Waals surface area contributed by atoms with E-state index in [0.717, 1.165) is 31.2 Å². The largest absolute Gasteiger partial charge is 0.491 e. The van der Waals surface area contributed by atoms with Crippen molar-refractivity contribution in [2.45, 2.75) is 74.7 Å². The lowest BCUT2D eigenvalue weighted by molar-refractivity contribution is 0.102. The van der Waals surface area contributed by atoms with Crippen molar-refractivity contribution in [1.82, 2.24) is 14.9 Å². The van der Waals surface area contributed by atoms with Crippen LogP contribution in [0.2, 0.25) is 0 Å². The molecule has 0 saturated carbocycles.